The molecule has 240 valence electrons. The maximum atomic E-state index is 15.0. The van der Waals surface area contributed by atoms with Crippen molar-refractivity contribution in [1.82, 2.24) is 40.0 Å². The van der Waals surface area contributed by atoms with Crippen LogP contribution in [0, 0.1) is 18.8 Å². The van der Waals surface area contributed by atoms with Crippen LogP contribution in [0.4, 0.5) is 8.78 Å². The first kappa shape index (κ1) is 31.9. The van der Waals surface area contributed by atoms with Gasteiger partial charge in [0.15, 0.2) is 0 Å². The summed E-state index contributed by atoms with van der Waals surface area (Å²) in [5, 5.41) is 14.6. The molecule has 2 bridgehead atoms. The molecule has 7 rings (SSSR count). The zero-order valence-corrected chi connectivity index (χ0v) is 25.8. The molecule has 2 N–H and O–H groups in total. The molecule has 3 saturated heterocycles. The van der Waals surface area contributed by atoms with Crippen LogP contribution in [0.25, 0.3) is 5.78 Å². The molecule has 1 aliphatic carbocycles. The lowest BCUT2D eigenvalue weighted by Gasteiger charge is -2.46. The van der Waals surface area contributed by atoms with Crippen molar-refractivity contribution in [1.29, 1.82) is 0 Å². The summed E-state index contributed by atoms with van der Waals surface area (Å²) < 4.78 is 38.9. The molecule has 13 heteroatoms. The zero-order chi connectivity index (χ0) is 31.3. The standard InChI is InChI=1S/C25H34F2N6O3.C6H10N2/c1-2-3-4-5-6-19(28-14-34)21-12-33-24(30-21)31-22(18-13-36-8-7-25(18,26)27)20(32-33)11-17-15-9-16(10-15)29-23(17)35;1-3-8-6(2)4-5-7-8/h12,14-19H,2-11,13H2,1H3,(H,28,34)(H,29,35);4-5H,3H2,1-2H3. The Balaban J connectivity index is 0.000000418. The molecule has 1 saturated carbocycles. The molecule has 11 nitrogen and oxygen atoms in total. The van der Waals surface area contributed by atoms with Crippen LogP contribution in [0.3, 0.4) is 0 Å². The summed E-state index contributed by atoms with van der Waals surface area (Å²) in [6.07, 6.45) is 10.8. The van der Waals surface area contributed by atoms with Crippen molar-refractivity contribution < 1.29 is 23.1 Å². The Morgan fingerprint density at radius 2 is 2.05 bits per heavy atom. The van der Waals surface area contributed by atoms with E-state index < -0.39 is 11.8 Å². The smallest absolute Gasteiger partial charge is 0.260 e. The van der Waals surface area contributed by atoms with Crippen LogP contribution < -0.4 is 10.6 Å². The average Bonchev–Trinajstić information content (AvgIpc) is 3.60. The molecule has 0 radical (unpaired) electrons. The lowest BCUT2D eigenvalue weighted by Crippen LogP contribution is -2.57. The summed E-state index contributed by atoms with van der Waals surface area (Å²) in [6, 6.07) is 1.92. The van der Waals surface area contributed by atoms with Crippen LogP contribution in [-0.4, -0.2) is 66.9 Å². The lowest BCUT2D eigenvalue weighted by atomic mass is 9.67. The predicted octanol–water partition coefficient (Wildman–Crippen LogP) is 4.30. The number of aryl methyl sites for hydroxylation is 2. The number of unbranched alkanes of at least 4 members (excludes halogenated alkanes) is 3. The van der Waals surface area contributed by atoms with Gasteiger partial charge in [-0.2, -0.15) is 10.2 Å². The molecule has 3 aromatic heterocycles. The van der Waals surface area contributed by atoms with E-state index in [4.69, 9.17) is 4.74 Å². The molecule has 0 aromatic carbocycles. The predicted molar refractivity (Wildman–Crippen MR) is 159 cm³/mol. The van der Waals surface area contributed by atoms with Gasteiger partial charge < -0.3 is 15.4 Å². The number of fused-ring (bicyclic) bond motifs is 3. The molecular formula is C31H44F2N8O3. The van der Waals surface area contributed by atoms with Gasteiger partial charge in [0.1, 0.15) is 0 Å². The highest BCUT2D eigenvalue weighted by Crippen LogP contribution is 2.43. The van der Waals surface area contributed by atoms with Gasteiger partial charge in [-0.05, 0) is 45.1 Å². The minimum atomic E-state index is -2.99. The fraction of sp³-hybridized carbons (Fsp3) is 0.677. The van der Waals surface area contributed by atoms with E-state index in [-0.39, 0.29) is 67.4 Å². The molecule has 0 spiro atoms. The van der Waals surface area contributed by atoms with Gasteiger partial charge in [0, 0.05) is 43.2 Å². The van der Waals surface area contributed by atoms with Gasteiger partial charge in [-0.15, -0.1) is 0 Å². The van der Waals surface area contributed by atoms with Crippen molar-refractivity contribution in [2.24, 2.45) is 11.8 Å². The van der Waals surface area contributed by atoms with E-state index >= 15 is 8.78 Å². The SMILES string of the molecule is CCCCCCC(NC=O)c1cn2nc(CC3C(=O)NC4CC3C4)c(C3COCCC3(F)F)nc2n1.CCn1nccc1C. The van der Waals surface area contributed by atoms with Gasteiger partial charge in [0.05, 0.1) is 48.5 Å². The number of ether oxygens (including phenoxy) is 1. The van der Waals surface area contributed by atoms with Crippen molar-refractivity contribution in [2.75, 3.05) is 13.2 Å². The lowest BCUT2D eigenvalue weighted by molar-refractivity contribution is -0.135. The van der Waals surface area contributed by atoms with E-state index in [1.807, 2.05) is 16.9 Å². The number of piperidine rings is 2. The molecule has 3 unspecified atom stereocenters. The molecular weight excluding hydrogens is 570 g/mol. The molecule has 44 heavy (non-hydrogen) atoms. The highest BCUT2D eigenvalue weighted by Gasteiger charge is 2.48. The number of halogens is 2. The van der Waals surface area contributed by atoms with E-state index in [9.17, 15) is 9.59 Å². The van der Waals surface area contributed by atoms with Crippen molar-refractivity contribution in [3.63, 3.8) is 0 Å². The van der Waals surface area contributed by atoms with Crippen molar-refractivity contribution in [2.45, 2.75) is 109 Å². The quantitative estimate of drug-likeness (QED) is 0.230. The summed E-state index contributed by atoms with van der Waals surface area (Å²) >= 11 is 0. The topological polar surface area (TPSA) is 128 Å². The van der Waals surface area contributed by atoms with Crippen LogP contribution in [0.5, 0.6) is 0 Å². The summed E-state index contributed by atoms with van der Waals surface area (Å²) in [6.45, 7) is 7.08. The van der Waals surface area contributed by atoms with Crippen molar-refractivity contribution in [3.8, 4) is 0 Å². The van der Waals surface area contributed by atoms with Gasteiger partial charge in [0.2, 0.25) is 12.3 Å². The summed E-state index contributed by atoms with van der Waals surface area (Å²) in [4.78, 5) is 33.0. The average molecular weight is 615 g/mol. The van der Waals surface area contributed by atoms with E-state index in [0.717, 1.165) is 45.1 Å². The number of nitrogens with zero attached hydrogens (tertiary/aromatic N) is 6. The first-order valence-corrected chi connectivity index (χ1v) is 15.9. The fourth-order valence-corrected chi connectivity index (χ4v) is 6.46. The van der Waals surface area contributed by atoms with Crippen LogP contribution >= 0.6 is 0 Å². The van der Waals surface area contributed by atoms with E-state index in [1.54, 1.807) is 6.20 Å². The zero-order valence-electron chi connectivity index (χ0n) is 25.8. The Bertz CT molecular complexity index is 1420. The first-order chi connectivity index (χ1) is 21.2. The molecule has 4 fully saturated rings. The van der Waals surface area contributed by atoms with E-state index in [2.05, 4.69) is 51.6 Å². The number of hydrogen-bond donors (Lipinski definition) is 2. The van der Waals surface area contributed by atoms with Crippen molar-refractivity contribution in [3.05, 3.63) is 41.2 Å². The number of alkyl halides is 2. The molecule has 3 aliphatic heterocycles. The van der Waals surface area contributed by atoms with Gasteiger partial charge in [-0.1, -0.05) is 32.6 Å². The summed E-state index contributed by atoms with van der Waals surface area (Å²) in [7, 11) is 0. The van der Waals surface area contributed by atoms with Gasteiger partial charge in [-0.3, -0.25) is 14.3 Å². The summed E-state index contributed by atoms with van der Waals surface area (Å²) in [5.74, 6) is -4.17. The first-order valence-electron chi connectivity index (χ1n) is 15.9. The number of rotatable bonds is 12. The Labute approximate surface area is 256 Å². The third-order valence-corrected chi connectivity index (χ3v) is 9.18. The van der Waals surface area contributed by atoms with Gasteiger partial charge >= 0.3 is 0 Å². The minimum absolute atomic E-state index is 0.00635. The minimum Gasteiger partial charge on any atom is -0.380 e. The Morgan fingerprint density at radius 3 is 2.68 bits per heavy atom. The molecule has 3 aromatic rings. The fourth-order valence-electron chi connectivity index (χ4n) is 6.46. The second kappa shape index (κ2) is 14.1. The molecule has 6 heterocycles. The largest absolute Gasteiger partial charge is 0.380 e. The van der Waals surface area contributed by atoms with Crippen LogP contribution in [0.2, 0.25) is 0 Å². The maximum Gasteiger partial charge on any atom is 0.260 e. The third-order valence-electron chi connectivity index (χ3n) is 9.18. The maximum absolute atomic E-state index is 15.0. The highest BCUT2D eigenvalue weighted by molar-refractivity contribution is 5.81. The molecule has 3 atom stereocenters. The molecule has 2 amide bonds. The van der Waals surface area contributed by atoms with E-state index in [0.29, 0.717) is 24.2 Å². The number of aromatic nitrogens is 6. The second-order valence-electron chi connectivity index (χ2n) is 12.2. The number of imidazole rings is 1. The molecule has 4 aliphatic rings. The van der Waals surface area contributed by atoms with Crippen LogP contribution in [0.15, 0.2) is 18.5 Å². The highest BCUT2D eigenvalue weighted by atomic mass is 19.3. The number of hydrogen-bond acceptors (Lipinski definition) is 7. The summed E-state index contributed by atoms with van der Waals surface area (Å²) in [5.41, 5.74) is 2.36. The Hall–Kier alpha value is -3.48. The normalized spacial score (nSPS) is 24.5. The third kappa shape index (κ3) is 7.08. The number of amides is 2. The van der Waals surface area contributed by atoms with Crippen LogP contribution in [0.1, 0.15) is 99.9 Å². The second-order valence-corrected chi connectivity index (χ2v) is 12.2. The van der Waals surface area contributed by atoms with Crippen LogP contribution in [-0.2, 0) is 27.3 Å². The Kier molecular flexibility index (Phi) is 10.2. The Morgan fingerprint density at radius 1 is 1.23 bits per heavy atom. The van der Waals surface area contributed by atoms with Crippen molar-refractivity contribution >= 4 is 18.1 Å². The number of nitrogens with one attached hydrogen (secondary N) is 2. The monoisotopic (exact) mass is 614 g/mol. The van der Waals surface area contributed by atoms with Gasteiger partial charge in [-0.25, -0.2) is 23.3 Å². The van der Waals surface area contributed by atoms with Gasteiger partial charge in [0.25, 0.3) is 11.7 Å². The number of carbonyl (C=O) groups excluding carboxylic acids is 2. The van der Waals surface area contributed by atoms with E-state index in [1.165, 1.54) is 10.2 Å². The number of carbonyl (C=O) groups is 2.